The van der Waals surface area contributed by atoms with Crippen LogP contribution in [0.15, 0.2) is 53.7 Å². The van der Waals surface area contributed by atoms with Crippen LogP contribution in [0, 0.1) is 0 Å². The molecule has 0 aliphatic heterocycles. The number of thioether (sulfide) groups is 1. The molecule has 0 amide bonds. The van der Waals surface area contributed by atoms with Crippen LogP contribution < -0.4 is 0 Å². The van der Waals surface area contributed by atoms with Crippen LogP contribution in [-0.2, 0) is 11.2 Å². The Bertz CT molecular complexity index is 991. The molecule has 2 aromatic carbocycles. The summed E-state index contributed by atoms with van der Waals surface area (Å²) in [5.74, 6) is 0.898. The summed E-state index contributed by atoms with van der Waals surface area (Å²) in [6.07, 6.45) is 0. The molecule has 2 heterocycles. The summed E-state index contributed by atoms with van der Waals surface area (Å²) >= 11 is 3.42. The van der Waals surface area contributed by atoms with Gasteiger partial charge in [-0.1, -0.05) is 80.3 Å². The topological polar surface area (TPSA) is 30.2 Å². The van der Waals surface area contributed by atoms with Gasteiger partial charge in [0, 0.05) is 5.75 Å². The number of para-hydroxylation sites is 1. The highest BCUT2D eigenvalue weighted by Gasteiger charge is 2.14. The number of hydrogen-bond donors (Lipinski definition) is 0. The number of thiazole rings is 1. The van der Waals surface area contributed by atoms with Crippen molar-refractivity contribution in [3.8, 4) is 0 Å². The van der Waals surface area contributed by atoms with Crippen LogP contribution in [0.25, 0.3) is 15.2 Å². The average Bonchev–Trinajstić information content (AvgIpc) is 3.11. The molecule has 3 nitrogen and oxygen atoms in total. The van der Waals surface area contributed by atoms with Crippen molar-refractivity contribution in [2.75, 3.05) is 0 Å². The Morgan fingerprint density at radius 2 is 1.75 bits per heavy atom. The van der Waals surface area contributed by atoms with E-state index in [1.165, 1.54) is 21.3 Å². The van der Waals surface area contributed by atoms with Crippen molar-refractivity contribution in [3.05, 3.63) is 59.7 Å². The molecule has 0 unspecified atom stereocenters. The molecule has 0 bridgehead atoms. The first kappa shape index (κ1) is 15.7. The lowest BCUT2D eigenvalue weighted by Crippen LogP contribution is -2.10. The van der Waals surface area contributed by atoms with Gasteiger partial charge in [0.1, 0.15) is 0 Å². The Balaban J connectivity index is 1.59. The van der Waals surface area contributed by atoms with Crippen molar-refractivity contribution in [2.24, 2.45) is 0 Å². The molecule has 0 N–H and O–H groups in total. The summed E-state index contributed by atoms with van der Waals surface area (Å²) in [5.41, 5.74) is 4.06. The number of benzene rings is 2. The molecule has 2 aromatic heterocycles. The largest absolute Gasteiger partial charge is 0.260 e. The summed E-state index contributed by atoms with van der Waals surface area (Å²) in [7, 11) is 0. The van der Waals surface area contributed by atoms with Crippen molar-refractivity contribution < 1.29 is 0 Å². The Morgan fingerprint density at radius 1 is 1.00 bits per heavy atom. The SMILES string of the molecule is CC(C)(C)c1ccc(CSc2nnc3sc4ccccc4n23)cc1. The molecular formula is C19H19N3S2. The number of hydrogen-bond acceptors (Lipinski definition) is 4. The van der Waals surface area contributed by atoms with E-state index in [2.05, 4.69) is 83.9 Å². The van der Waals surface area contributed by atoms with Crippen LogP contribution in [0.2, 0.25) is 0 Å². The van der Waals surface area contributed by atoms with Gasteiger partial charge in [0.05, 0.1) is 10.2 Å². The van der Waals surface area contributed by atoms with Gasteiger partial charge in [-0.25, -0.2) is 0 Å². The van der Waals surface area contributed by atoms with Gasteiger partial charge in [0.2, 0.25) is 4.96 Å². The molecule has 0 atom stereocenters. The van der Waals surface area contributed by atoms with E-state index in [1.54, 1.807) is 23.1 Å². The first-order chi connectivity index (χ1) is 11.5. The van der Waals surface area contributed by atoms with Gasteiger partial charge in [-0.15, -0.1) is 10.2 Å². The third-order valence-electron chi connectivity index (χ3n) is 4.10. The van der Waals surface area contributed by atoms with Gasteiger partial charge in [-0.2, -0.15) is 0 Å². The molecule has 0 saturated heterocycles. The molecule has 0 spiro atoms. The zero-order chi connectivity index (χ0) is 16.7. The van der Waals surface area contributed by atoms with Gasteiger partial charge in [0.25, 0.3) is 0 Å². The Kier molecular flexibility index (Phi) is 3.85. The molecule has 24 heavy (non-hydrogen) atoms. The van der Waals surface area contributed by atoms with Crippen molar-refractivity contribution >= 4 is 38.3 Å². The second kappa shape index (κ2) is 5.90. The number of fused-ring (bicyclic) bond motifs is 3. The standard InChI is InChI=1S/C19H19N3S2/c1-19(2,3)14-10-8-13(9-11-14)12-23-17-20-21-18-22(17)15-6-4-5-7-16(15)24-18/h4-11H,12H2,1-3H3. The summed E-state index contributed by atoms with van der Waals surface area (Å²) in [4.78, 5) is 0.960. The van der Waals surface area contributed by atoms with E-state index in [-0.39, 0.29) is 5.41 Å². The van der Waals surface area contributed by atoms with E-state index < -0.39 is 0 Å². The highest BCUT2D eigenvalue weighted by Crippen LogP contribution is 2.31. The van der Waals surface area contributed by atoms with Crippen molar-refractivity contribution in [2.45, 2.75) is 37.1 Å². The van der Waals surface area contributed by atoms with E-state index >= 15 is 0 Å². The van der Waals surface area contributed by atoms with Gasteiger partial charge in [0.15, 0.2) is 5.16 Å². The van der Waals surface area contributed by atoms with Gasteiger partial charge < -0.3 is 0 Å². The van der Waals surface area contributed by atoms with Crippen LogP contribution in [-0.4, -0.2) is 14.6 Å². The number of rotatable bonds is 3. The lowest BCUT2D eigenvalue weighted by Gasteiger charge is -2.19. The first-order valence-electron chi connectivity index (χ1n) is 7.97. The maximum absolute atomic E-state index is 4.36. The zero-order valence-electron chi connectivity index (χ0n) is 14.0. The van der Waals surface area contributed by atoms with E-state index in [1.807, 2.05) is 0 Å². The van der Waals surface area contributed by atoms with E-state index in [0.717, 1.165) is 15.9 Å². The third-order valence-corrected chi connectivity index (χ3v) is 6.11. The lowest BCUT2D eigenvalue weighted by atomic mass is 9.87. The second-order valence-electron chi connectivity index (χ2n) is 6.91. The lowest BCUT2D eigenvalue weighted by molar-refractivity contribution is 0.590. The highest BCUT2D eigenvalue weighted by atomic mass is 32.2. The average molecular weight is 354 g/mol. The Hall–Kier alpha value is -1.85. The number of aromatic nitrogens is 3. The maximum Gasteiger partial charge on any atom is 0.217 e. The minimum absolute atomic E-state index is 0.195. The van der Waals surface area contributed by atoms with Crippen LogP contribution in [0.4, 0.5) is 0 Å². The molecule has 122 valence electrons. The summed E-state index contributed by atoms with van der Waals surface area (Å²) in [5, 5.41) is 9.65. The molecule has 0 aliphatic carbocycles. The number of nitrogens with zero attached hydrogens (tertiary/aromatic N) is 3. The third kappa shape index (κ3) is 2.82. The Morgan fingerprint density at radius 3 is 2.50 bits per heavy atom. The summed E-state index contributed by atoms with van der Waals surface area (Å²) < 4.78 is 3.41. The molecule has 5 heteroatoms. The summed E-state index contributed by atoms with van der Waals surface area (Å²) in [6, 6.07) is 17.3. The molecular weight excluding hydrogens is 334 g/mol. The quantitative estimate of drug-likeness (QED) is 0.453. The van der Waals surface area contributed by atoms with E-state index in [0.29, 0.717) is 0 Å². The van der Waals surface area contributed by atoms with Crippen molar-refractivity contribution in [1.82, 2.24) is 14.6 Å². The fourth-order valence-electron chi connectivity index (χ4n) is 2.70. The first-order valence-corrected chi connectivity index (χ1v) is 9.77. The smallest absolute Gasteiger partial charge is 0.217 e. The van der Waals surface area contributed by atoms with Gasteiger partial charge >= 0.3 is 0 Å². The molecule has 0 aliphatic rings. The van der Waals surface area contributed by atoms with Crippen LogP contribution in [0.5, 0.6) is 0 Å². The fraction of sp³-hybridized carbons (Fsp3) is 0.263. The molecule has 0 saturated carbocycles. The normalized spacial score (nSPS) is 12.3. The zero-order valence-corrected chi connectivity index (χ0v) is 15.6. The summed E-state index contributed by atoms with van der Waals surface area (Å²) in [6.45, 7) is 6.72. The predicted molar refractivity (Wildman–Crippen MR) is 103 cm³/mol. The minimum Gasteiger partial charge on any atom is -0.260 e. The highest BCUT2D eigenvalue weighted by molar-refractivity contribution is 7.98. The van der Waals surface area contributed by atoms with Crippen molar-refractivity contribution in [3.63, 3.8) is 0 Å². The molecule has 4 rings (SSSR count). The predicted octanol–water partition coefficient (Wildman–Crippen LogP) is 5.53. The molecule has 4 aromatic rings. The van der Waals surface area contributed by atoms with E-state index in [4.69, 9.17) is 0 Å². The van der Waals surface area contributed by atoms with E-state index in [9.17, 15) is 0 Å². The maximum atomic E-state index is 4.36. The van der Waals surface area contributed by atoms with Crippen molar-refractivity contribution in [1.29, 1.82) is 0 Å². The minimum atomic E-state index is 0.195. The fourth-order valence-corrected chi connectivity index (χ4v) is 4.62. The van der Waals surface area contributed by atoms with Crippen LogP contribution in [0.1, 0.15) is 31.9 Å². The van der Waals surface area contributed by atoms with Gasteiger partial charge in [-0.3, -0.25) is 4.40 Å². The monoisotopic (exact) mass is 353 g/mol. The molecule has 0 radical (unpaired) electrons. The Labute approximate surface area is 149 Å². The van der Waals surface area contributed by atoms with Crippen LogP contribution in [0.3, 0.4) is 0 Å². The second-order valence-corrected chi connectivity index (χ2v) is 8.86. The molecule has 0 fully saturated rings. The van der Waals surface area contributed by atoms with Gasteiger partial charge in [-0.05, 0) is 28.7 Å². The van der Waals surface area contributed by atoms with Crippen LogP contribution >= 0.6 is 23.1 Å².